The predicted octanol–water partition coefficient (Wildman–Crippen LogP) is 3.28. The first-order valence-electron chi connectivity index (χ1n) is 9.69. The highest BCUT2D eigenvalue weighted by molar-refractivity contribution is 7.89. The second kappa shape index (κ2) is 10.2. The normalized spacial score (nSPS) is 12.0. The third-order valence-corrected chi connectivity index (χ3v) is 6.07. The molecule has 1 unspecified atom stereocenters. The quantitative estimate of drug-likeness (QED) is 0.487. The zero-order valence-corrected chi connectivity index (χ0v) is 18.6. The van der Waals surface area contributed by atoms with Gasteiger partial charge in [0, 0.05) is 11.3 Å². The fourth-order valence-electron chi connectivity index (χ4n) is 2.94. The number of anilines is 1. The zero-order chi connectivity index (χ0) is 24.0. The standard InChI is InChI=1S/C23H21FN2O6S/c1-25-33(29,30)20-14-16(8-13-19(20)31-2)23(28)32-21(15-6-4-3-5-7-15)22(27)26-18-11-9-17(24)10-12-18/h3-14,21,25H,1-2H3,(H,26,27). The molecule has 0 aliphatic heterocycles. The Morgan fingerprint density at radius 2 is 1.64 bits per heavy atom. The molecule has 3 aromatic rings. The number of ether oxygens (including phenoxy) is 2. The number of nitrogens with one attached hydrogen (secondary N) is 2. The van der Waals surface area contributed by atoms with Gasteiger partial charge in [-0.3, -0.25) is 4.79 Å². The number of sulfonamides is 1. The second-order valence-electron chi connectivity index (χ2n) is 6.77. The molecular formula is C23H21FN2O6S. The molecule has 10 heteroatoms. The van der Waals surface area contributed by atoms with Gasteiger partial charge in [0.2, 0.25) is 16.1 Å². The minimum atomic E-state index is -3.93. The number of esters is 1. The molecular weight excluding hydrogens is 451 g/mol. The number of methoxy groups -OCH3 is 1. The molecule has 0 saturated carbocycles. The number of hydrogen-bond acceptors (Lipinski definition) is 6. The van der Waals surface area contributed by atoms with E-state index in [-0.39, 0.29) is 16.2 Å². The summed E-state index contributed by atoms with van der Waals surface area (Å²) in [7, 11) is -1.40. The van der Waals surface area contributed by atoms with E-state index in [1.807, 2.05) is 0 Å². The number of amides is 1. The van der Waals surface area contributed by atoms with Crippen LogP contribution >= 0.6 is 0 Å². The first-order chi connectivity index (χ1) is 15.7. The van der Waals surface area contributed by atoms with Crippen LogP contribution in [0.25, 0.3) is 0 Å². The molecule has 0 radical (unpaired) electrons. The molecule has 1 atom stereocenters. The van der Waals surface area contributed by atoms with Crippen molar-refractivity contribution < 1.29 is 31.9 Å². The summed E-state index contributed by atoms with van der Waals surface area (Å²) in [5.74, 6) is -2.02. The molecule has 0 aromatic heterocycles. The number of halogens is 1. The van der Waals surface area contributed by atoms with Crippen molar-refractivity contribution in [3.8, 4) is 5.75 Å². The van der Waals surface area contributed by atoms with E-state index >= 15 is 0 Å². The van der Waals surface area contributed by atoms with Crippen LogP contribution in [0.3, 0.4) is 0 Å². The Hall–Kier alpha value is -3.76. The van der Waals surface area contributed by atoms with Crippen LogP contribution in [0.5, 0.6) is 5.75 Å². The van der Waals surface area contributed by atoms with Crippen LogP contribution in [0, 0.1) is 5.82 Å². The van der Waals surface area contributed by atoms with Crippen molar-refractivity contribution in [1.29, 1.82) is 0 Å². The van der Waals surface area contributed by atoms with Crippen molar-refractivity contribution in [1.82, 2.24) is 4.72 Å². The molecule has 0 fully saturated rings. The maximum Gasteiger partial charge on any atom is 0.339 e. The average molecular weight is 472 g/mol. The topological polar surface area (TPSA) is 111 Å². The van der Waals surface area contributed by atoms with E-state index in [1.165, 1.54) is 50.6 Å². The van der Waals surface area contributed by atoms with Crippen LogP contribution in [0.4, 0.5) is 10.1 Å². The van der Waals surface area contributed by atoms with Gasteiger partial charge >= 0.3 is 5.97 Å². The molecule has 2 N–H and O–H groups in total. The van der Waals surface area contributed by atoms with Crippen LogP contribution < -0.4 is 14.8 Å². The first-order valence-corrected chi connectivity index (χ1v) is 11.2. The summed E-state index contributed by atoms with van der Waals surface area (Å²) in [5.41, 5.74) is 0.604. The second-order valence-corrected chi connectivity index (χ2v) is 8.62. The third kappa shape index (κ3) is 5.73. The van der Waals surface area contributed by atoms with Crippen molar-refractivity contribution >= 4 is 27.6 Å². The van der Waals surface area contributed by atoms with Gasteiger partial charge in [0.1, 0.15) is 16.5 Å². The fraction of sp³-hybridized carbons (Fsp3) is 0.130. The molecule has 172 valence electrons. The third-order valence-electron chi connectivity index (χ3n) is 4.63. The van der Waals surface area contributed by atoms with E-state index in [0.29, 0.717) is 11.3 Å². The van der Waals surface area contributed by atoms with Gasteiger partial charge in [-0.15, -0.1) is 0 Å². The molecule has 1 amide bonds. The van der Waals surface area contributed by atoms with Crippen LogP contribution in [0.1, 0.15) is 22.0 Å². The summed E-state index contributed by atoms with van der Waals surface area (Å²) < 4.78 is 50.5. The molecule has 0 heterocycles. The summed E-state index contributed by atoms with van der Waals surface area (Å²) in [6.45, 7) is 0. The van der Waals surface area contributed by atoms with E-state index in [1.54, 1.807) is 30.3 Å². The maximum atomic E-state index is 13.2. The summed E-state index contributed by atoms with van der Waals surface area (Å²) >= 11 is 0. The smallest absolute Gasteiger partial charge is 0.339 e. The van der Waals surface area contributed by atoms with Crippen molar-refractivity contribution in [3.05, 3.63) is 89.7 Å². The van der Waals surface area contributed by atoms with Gasteiger partial charge in [-0.2, -0.15) is 0 Å². The molecule has 8 nitrogen and oxygen atoms in total. The number of carbonyl (C=O) groups excluding carboxylic acids is 2. The van der Waals surface area contributed by atoms with Crippen LogP contribution in [0.2, 0.25) is 0 Å². The highest BCUT2D eigenvalue weighted by Gasteiger charge is 2.27. The van der Waals surface area contributed by atoms with Gasteiger partial charge in [-0.25, -0.2) is 22.3 Å². The van der Waals surface area contributed by atoms with Crippen molar-refractivity contribution in [3.63, 3.8) is 0 Å². The number of hydrogen-bond donors (Lipinski definition) is 2. The van der Waals surface area contributed by atoms with Gasteiger partial charge < -0.3 is 14.8 Å². The van der Waals surface area contributed by atoms with E-state index in [4.69, 9.17) is 9.47 Å². The molecule has 33 heavy (non-hydrogen) atoms. The van der Waals surface area contributed by atoms with Crippen LogP contribution in [-0.4, -0.2) is 34.5 Å². The van der Waals surface area contributed by atoms with Gasteiger partial charge in [0.05, 0.1) is 12.7 Å². The summed E-state index contributed by atoms with van der Waals surface area (Å²) in [6.07, 6.45) is -1.35. The summed E-state index contributed by atoms with van der Waals surface area (Å²) in [4.78, 5) is 25.6. The van der Waals surface area contributed by atoms with Gasteiger partial charge in [-0.05, 0) is 49.5 Å². The van der Waals surface area contributed by atoms with Crippen molar-refractivity contribution in [2.45, 2.75) is 11.0 Å². The fourth-order valence-corrected chi connectivity index (χ4v) is 3.86. The molecule has 0 spiro atoms. The molecule has 0 saturated heterocycles. The number of rotatable bonds is 8. The lowest BCUT2D eigenvalue weighted by Gasteiger charge is -2.19. The Balaban J connectivity index is 1.91. The SMILES string of the molecule is CNS(=O)(=O)c1cc(C(=O)OC(C(=O)Nc2ccc(F)cc2)c2ccccc2)ccc1OC. The van der Waals surface area contributed by atoms with Gasteiger partial charge in [0.15, 0.2) is 0 Å². The van der Waals surface area contributed by atoms with E-state index in [9.17, 15) is 22.4 Å². The Morgan fingerprint density at radius 1 is 0.970 bits per heavy atom. The monoisotopic (exact) mass is 472 g/mol. The van der Waals surface area contributed by atoms with Gasteiger partial charge in [-0.1, -0.05) is 30.3 Å². The Bertz CT molecular complexity index is 1250. The Labute approximate surface area is 190 Å². The molecule has 3 rings (SSSR count). The lowest BCUT2D eigenvalue weighted by molar-refractivity contribution is -0.125. The van der Waals surface area contributed by atoms with E-state index in [2.05, 4.69) is 10.0 Å². The van der Waals surface area contributed by atoms with Crippen molar-refractivity contribution in [2.24, 2.45) is 0 Å². The highest BCUT2D eigenvalue weighted by atomic mass is 32.2. The largest absolute Gasteiger partial charge is 0.495 e. The number of benzene rings is 3. The van der Waals surface area contributed by atoms with Gasteiger partial charge in [0.25, 0.3) is 5.91 Å². The maximum absolute atomic E-state index is 13.2. The Kier molecular flexibility index (Phi) is 7.41. The molecule has 3 aromatic carbocycles. The summed E-state index contributed by atoms with van der Waals surface area (Å²) in [5, 5.41) is 2.58. The Morgan fingerprint density at radius 3 is 2.24 bits per heavy atom. The minimum absolute atomic E-state index is 0.0366. The van der Waals surface area contributed by atoms with E-state index < -0.39 is 33.8 Å². The van der Waals surface area contributed by atoms with Crippen LogP contribution in [-0.2, 0) is 19.6 Å². The summed E-state index contributed by atoms with van der Waals surface area (Å²) in [6, 6.07) is 17.1. The number of carbonyl (C=O) groups is 2. The first kappa shape index (κ1) is 23.9. The van der Waals surface area contributed by atoms with Crippen molar-refractivity contribution in [2.75, 3.05) is 19.5 Å². The average Bonchev–Trinajstić information content (AvgIpc) is 2.83. The zero-order valence-electron chi connectivity index (χ0n) is 17.7. The molecule has 0 aliphatic carbocycles. The molecule has 0 aliphatic rings. The van der Waals surface area contributed by atoms with Crippen LogP contribution in [0.15, 0.2) is 77.7 Å². The lowest BCUT2D eigenvalue weighted by atomic mass is 10.1. The lowest BCUT2D eigenvalue weighted by Crippen LogP contribution is -2.26. The molecule has 0 bridgehead atoms. The van der Waals surface area contributed by atoms with E-state index in [0.717, 1.165) is 6.07 Å². The minimum Gasteiger partial charge on any atom is -0.495 e. The predicted molar refractivity (Wildman–Crippen MR) is 119 cm³/mol. The highest BCUT2D eigenvalue weighted by Crippen LogP contribution is 2.27.